The fourth-order valence-corrected chi connectivity index (χ4v) is 4.15. The zero-order valence-corrected chi connectivity index (χ0v) is 11.2. The van der Waals surface area contributed by atoms with Gasteiger partial charge in [-0.15, -0.1) is 0 Å². The van der Waals surface area contributed by atoms with Gasteiger partial charge in [0, 0.05) is 11.8 Å². The lowest BCUT2D eigenvalue weighted by atomic mass is 9.53. The minimum atomic E-state index is -1.60. The van der Waals surface area contributed by atoms with Gasteiger partial charge in [-0.2, -0.15) is 0 Å². The highest BCUT2D eigenvalue weighted by atomic mass is 79.9. The Kier molecular flexibility index (Phi) is 2.44. The summed E-state index contributed by atoms with van der Waals surface area (Å²) >= 11 is 3.18. The SMILES string of the molecule is CC1(C)[C@@]2(C(=O)O)CCC(=O)[C@@]1(CBr)OC2=O. The van der Waals surface area contributed by atoms with Crippen LogP contribution in [-0.2, 0) is 19.1 Å². The lowest BCUT2D eigenvalue weighted by Crippen LogP contribution is -2.61. The first-order valence-electron chi connectivity index (χ1n) is 5.32. The summed E-state index contributed by atoms with van der Waals surface area (Å²) in [6.45, 7) is 3.23. The Morgan fingerprint density at radius 2 is 2.06 bits per heavy atom. The first-order valence-corrected chi connectivity index (χ1v) is 6.44. The summed E-state index contributed by atoms with van der Waals surface area (Å²) in [6, 6.07) is 0. The Hall–Kier alpha value is -0.910. The van der Waals surface area contributed by atoms with Gasteiger partial charge in [0.15, 0.2) is 16.8 Å². The van der Waals surface area contributed by atoms with Crippen LogP contribution in [0.25, 0.3) is 0 Å². The summed E-state index contributed by atoms with van der Waals surface area (Å²) in [5.74, 6) is -2.20. The molecule has 5 nitrogen and oxygen atoms in total. The number of ether oxygens (including phenoxy) is 1. The van der Waals surface area contributed by atoms with Crippen molar-refractivity contribution in [3.05, 3.63) is 0 Å². The van der Waals surface area contributed by atoms with E-state index in [-0.39, 0.29) is 24.0 Å². The summed E-state index contributed by atoms with van der Waals surface area (Å²) in [4.78, 5) is 35.5. The van der Waals surface area contributed by atoms with E-state index in [9.17, 15) is 19.5 Å². The molecule has 94 valence electrons. The zero-order valence-electron chi connectivity index (χ0n) is 9.58. The summed E-state index contributed by atoms with van der Waals surface area (Å²) in [7, 11) is 0. The molecular formula is C11H13BrO5. The van der Waals surface area contributed by atoms with Crippen LogP contribution in [0.5, 0.6) is 0 Å². The number of halogens is 1. The molecule has 1 aliphatic carbocycles. The number of carboxylic acids is 1. The fraction of sp³-hybridized carbons (Fsp3) is 0.727. The molecule has 0 amide bonds. The van der Waals surface area contributed by atoms with Crippen molar-refractivity contribution in [3.8, 4) is 0 Å². The summed E-state index contributed by atoms with van der Waals surface area (Å²) in [5.41, 5.74) is -4.00. The molecular weight excluding hydrogens is 292 g/mol. The van der Waals surface area contributed by atoms with Crippen LogP contribution in [0, 0.1) is 10.8 Å². The standard InChI is InChI=1S/C11H13BrO5/c1-9(2)10(7(14)15)4-3-6(13)11(9,5-12)17-8(10)16/h3-5H2,1-2H3,(H,14,15)/t10-,11-/m1/s1. The maximum absolute atomic E-state index is 12.0. The first kappa shape index (κ1) is 12.5. The van der Waals surface area contributed by atoms with Gasteiger partial charge in [0.1, 0.15) is 0 Å². The molecule has 0 unspecified atom stereocenters. The monoisotopic (exact) mass is 304 g/mol. The molecule has 1 N–H and O–H groups in total. The number of rotatable bonds is 2. The molecule has 1 saturated heterocycles. The van der Waals surface area contributed by atoms with Gasteiger partial charge in [-0.1, -0.05) is 29.8 Å². The van der Waals surface area contributed by atoms with Crippen molar-refractivity contribution in [1.82, 2.24) is 0 Å². The van der Waals surface area contributed by atoms with E-state index in [1.54, 1.807) is 13.8 Å². The van der Waals surface area contributed by atoms with Gasteiger partial charge in [0.05, 0.1) is 5.33 Å². The van der Waals surface area contributed by atoms with Crippen molar-refractivity contribution in [2.45, 2.75) is 32.3 Å². The van der Waals surface area contributed by atoms with Gasteiger partial charge in [-0.25, -0.2) is 0 Å². The third-order valence-electron chi connectivity index (χ3n) is 4.42. The van der Waals surface area contributed by atoms with Crippen LogP contribution in [0.4, 0.5) is 0 Å². The number of esters is 1. The lowest BCUT2D eigenvalue weighted by Gasteiger charge is -2.45. The molecule has 1 saturated carbocycles. The third-order valence-corrected chi connectivity index (χ3v) is 5.21. The van der Waals surface area contributed by atoms with Crippen LogP contribution < -0.4 is 0 Å². The number of hydrogen-bond acceptors (Lipinski definition) is 4. The van der Waals surface area contributed by atoms with E-state index in [1.165, 1.54) is 0 Å². The highest BCUT2D eigenvalue weighted by Crippen LogP contribution is 2.62. The Morgan fingerprint density at radius 1 is 1.47 bits per heavy atom. The molecule has 2 fully saturated rings. The van der Waals surface area contributed by atoms with Crippen LogP contribution in [0.1, 0.15) is 26.7 Å². The van der Waals surface area contributed by atoms with Crippen molar-refractivity contribution >= 4 is 33.7 Å². The largest absolute Gasteiger partial charge is 0.480 e. The second kappa shape index (κ2) is 3.31. The Morgan fingerprint density at radius 3 is 2.53 bits per heavy atom. The fourth-order valence-electron chi connectivity index (χ4n) is 3.03. The van der Waals surface area contributed by atoms with Gasteiger partial charge in [-0.05, 0) is 6.42 Å². The number of fused-ring (bicyclic) bond motifs is 2. The van der Waals surface area contributed by atoms with Crippen LogP contribution in [0.15, 0.2) is 0 Å². The van der Waals surface area contributed by atoms with Gasteiger partial charge < -0.3 is 9.84 Å². The Balaban J connectivity index is 2.70. The maximum Gasteiger partial charge on any atom is 0.325 e. The van der Waals surface area contributed by atoms with Crippen LogP contribution in [0.3, 0.4) is 0 Å². The minimum Gasteiger partial charge on any atom is -0.480 e. The molecule has 0 spiro atoms. The quantitative estimate of drug-likeness (QED) is 0.470. The minimum absolute atomic E-state index is 0.0156. The molecule has 6 heteroatoms. The number of carbonyl (C=O) groups is 3. The number of carboxylic acid groups (broad SMARTS) is 1. The highest BCUT2D eigenvalue weighted by molar-refractivity contribution is 9.09. The number of alkyl halides is 1. The van der Waals surface area contributed by atoms with Crippen molar-refractivity contribution in [1.29, 1.82) is 0 Å². The van der Waals surface area contributed by atoms with E-state index >= 15 is 0 Å². The summed E-state index contributed by atoms with van der Waals surface area (Å²) < 4.78 is 5.20. The lowest BCUT2D eigenvalue weighted by molar-refractivity contribution is -0.165. The van der Waals surface area contributed by atoms with Gasteiger partial charge in [0.25, 0.3) is 0 Å². The number of ketones is 1. The molecule has 0 aromatic rings. The van der Waals surface area contributed by atoms with Gasteiger partial charge in [0.2, 0.25) is 0 Å². The first-order chi connectivity index (χ1) is 7.76. The molecule has 0 aromatic carbocycles. The number of hydrogen-bond donors (Lipinski definition) is 1. The topological polar surface area (TPSA) is 80.7 Å². The smallest absolute Gasteiger partial charge is 0.325 e. The van der Waals surface area contributed by atoms with Crippen LogP contribution in [0.2, 0.25) is 0 Å². The van der Waals surface area contributed by atoms with Crippen LogP contribution >= 0.6 is 15.9 Å². The molecule has 2 rings (SSSR count). The summed E-state index contributed by atoms with van der Waals surface area (Å²) in [5, 5.41) is 9.52. The van der Waals surface area contributed by atoms with Crippen molar-refractivity contribution in [3.63, 3.8) is 0 Å². The molecule has 0 radical (unpaired) electrons. The highest BCUT2D eigenvalue weighted by Gasteiger charge is 2.78. The average molecular weight is 305 g/mol. The second-order valence-electron chi connectivity index (χ2n) is 5.11. The van der Waals surface area contributed by atoms with E-state index in [0.29, 0.717) is 0 Å². The Bertz CT molecular complexity index is 430. The Labute approximate surface area is 107 Å². The molecule has 17 heavy (non-hydrogen) atoms. The van der Waals surface area contributed by atoms with Crippen molar-refractivity contribution < 1.29 is 24.2 Å². The van der Waals surface area contributed by atoms with E-state index in [0.717, 1.165) is 0 Å². The molecule has 0 aromatic heterocycles. The molecule has 2 atom stereocenters. The van der Waals surface area contributed by atoms with Crippen molar-refractivity contribution in [2.75, 3.05) is 5.33 Å². The maximum atomic E-state index is 12.0. The average Bonchev–Trinajstić information content (AvgIpc) is 2.33. The van der Waals surface area contributed by atoms with Gasteiger partial charge >= 0.3 is 11.9 Å². The van der Waals surface area contributed by atoms with E-state index in [4.69, 9.17) is 4.74 Å². The molecule has 2 bridgehead atoms. The predicted octanol–water partition coefficient (Wildman–Crippen LogP) is 1.14. The van der Waals surface area contributed by atoms with E-state index in [1.807, 2.05) is 0 Å². The molecule has 2 aliphatic rings. The normalized spacial score (nSPS) is 39.0. The molecule has 1 heterocycles. The third kappa shape index (κ3) is 1.07. The zero-order chi connectivity index (χ0) is 13.1. The molecule has 1 aliphatic heterocycles. The second-order valence-corrected chi connectivity index (χ2v) is 5.67. The van der Waals surface area contributed by atoms with E-state index < -0.39 is 28.4 Å². The predicted molar refractivity (Wildman–Crippen MR) is 60.7 cm³/mol. The van der Waals surface area contributed by atoms with E-state index in [2.05, 4.69) is 15.9 Å². The summed E-state index contributed by atoms with van der Waals surface area (Å²) in [6.07, 6.45) is 0.0782. The van der Waals surface area contributed by atoms with Crippen molar-refractivity contribution in [2.24, 2.45) is 10.8 Å². The number of carbonyl (C=O) groups excluding carboxylic acids is 2. The number of aliphatic carboxylic acids is 1. The van der Waals surface area contributed by atoms with Gasteiger partial charge in [-0.3, -0.25) is 14.4 Å². The number of Topliss-reactive ketones (excluding diaryl/α,β-unsaturated/α-hetero) is 1. The van der Waals surface area contributed by atoms with Crippen LogP contribution in [-0.4, -0.2) is 33.8 Å².